The zero-order chi connectivity index (χ0) is 18.0. The van der Waals surface area contributed by atoms with Gasteiger partial charge in [0.25, 0.3) is 0 Å². The molecule has 0 amide bonds. The number of benzene rings is 1. The maximum atomic E-state index is 14.1. The Morgan fingerprint density at radius 3 is 2.56 bits per heavy atom. The average molecular weight is 454 g/mol. The molecule has 130 valence electrons. The topological polar surface area (TPSA) is 54.4 Å². The number of rotatable bonds is 4. The quantitative estimate of drug-likeness (QED) is 0.401. The monoisotopic (exact) mass is 454 g/mol. The third-order valence-corrected chi connectivity index (χ3v) is 5.35. The molecule has 0 bridgehead atoms. The van der Waals surface area contributed by atoms with Crippen LogP contribution < -0.4 is 26.5 Å². The summed E-state index contributed by atoms with van der Waals surface area (Å²) in [6, 6.07) is 8.03. The summed E-state index contributed by atoms with van der Waals surface area (Å²) in [7, 11) is 0. The summed E-state index contributed by atoms with van der Waals surface area (Å²) in [6.07, 6.45) is 1.48. The normalized spacial score (nSPS) is 17.3. The van der Waals surface area contributed by atoms with Crippen molar-refractivity contribution in [2.45, 2.75) is 13.0 Å². The molecule has 0 fully saturated rings. The standard InChI is InChI=1S/C18H15F2IN3O/c1-10-14(17(25)21-2)15(11-5-7-12(19)8-6-11)24-18(23-10)16-13(20)4-3-9-22-16/h3-9,15H,1-2H3,(H,23,24)/q-1. The van der Waals surface area contributed by atoms with Gasteiger partial charge in [0.05, 0.1) is 0 Å². The molecule has 1 N–H and O–H groups in total. The molecule has 1 unspecified atom stereocenters. The summed E-state index contributed by atoms with van der Waals surface area (Å²) >= 11 is -0.679. The second-order valence-electron chi connectivity index (χ2n) is 5.39. The van der Waals surface area contributed by atoms with E-state index in [0.29, 0.717) is 16.8 Å². The molecule has 7 heteroatoms. The number of amidine groups is 1. The van der Waals surface area contributed by atoms with E-state index in [4.69, 9.17) is 0 Å². The summed E-state index contributed by atoms with van der Waals surface area (Å²) in [4.78, 5) is 22.9. The van der Waals surface area contributed by atoms with Gasteiger partial charge in [-0.15, -0.1) is 0 Å². The number of aliphatic imine (C=N–C) groups is 1. The summed E-state index contributed by atoms with van der Waals surface area (Å²) in [5.41, 5.74) is 1.93. The Bertz CT molecular complexity index is 878. The molecule has 0 saturated heterocycles. The molecule has 1 aromatic carbocycles. The summed E-state index contributed by atoms with van der Waals surface area (Å²) in [6.45, 7) is 1.76. The van der Waals surface area contributed by atoms with Gasteiger partial charge < -0.3 is 0 Å². The van der Waals surface area contributed by atoms with Crippen LogP contribution >= 0.6 is 0 Å². The van der Waals surface area contributed by atoms with Crippen molar-refractivity contribution < 1.29 is 34.8 Å². The van der Waals surface area contributed by atoms with Crippen molar-refractivity contribution in [3.05, 3.63) is 76.8 Å². The van der Waals surface area contributed by atoms with E-state index in [1.165, 1.54) is 30.5 Å². The minimum atomic E-state index is -0.679. The van der Waals surface area contributed by atoms with E-state index in [-0.39, 0.29) is 21.1 Å². The predicted molar refractivity (Wildman–Crippen MR) is 86.6 cm³/mol. The van der Waals surface area contributed by atoms with Crippen molar-refractivity contribution in [2.75, 3.05) is 4.93 Å². The third kappa shape index (κ3) is 3.60. The Morgan fingerprint density at radius 2 is 1.92 bits per heavy atom. The first-order valence-electron chi connectivity index (χ1n) is 7.47. The number of alkyl halides is 1. The molecule has 0 spiro atoms. The molecular formula is C18H15F2IN3O-. The van der Waals surface area contributed by atoms with Crippen LogP contribution in [0, 0.1) is 11.6 Å². The molecule has 0 aliphatic carbocycles. The first kappa shape index (κ1) is 17.7. The van der Waals surface area contributed by atoms with Crippen LogP contribution in [0.1, 0.15) is 24.2 Å². The zero-order valence-corrected chi connectivity index (χ0v) is 15.7. The number of carbonyl (C=O) groups is 1. The van der Waals surface area contributed by atoms with Crippen LogP contribution in [0.4, 0.5) is 8.78 Å². The van der Waals surface area contributed by atoms with Gasteiger partial charge in [-0.25, -0.2) is 0 Å². The molecule has 2 heterocycles. The average Bonchev–Trinajstić information content (AvgIpc) is 2.61. The molecule has 4 nitrogen and oxygen atoms in total. The number of halogens is 3. The fraction of sp³-hybridized carbons (Fsp3) is 0.167. The van der Waals surface area contributed by atoms with Crippen LogP contribution in [0.3, 0.4) is 0 Å². The number of pyridine rings is 1. The fourth-order valence-electron chi connectivity index (χ4n) is 2.60. The first-order chi connectivity index (χ1) is 12.0. The molecule has 0 saturated carbocycles. The van der Waals surface area contributed by atoms with E-state index in [1.54, 1.807) is 19.1 Å². The Hall–Kier alpha value is -2.16. The number of nitrogens with one attached hydrogen (secondary N) is 1. The van der Waals surface area contributed by atoms with Crippen LogP contribution in [0.2, 0.25) is 0 Å². The third-order valence-electron chi connectivity index (χ3n) is 3.79. The van der Waals surface area contributed by atoms with Gasteiger partial charge in [-0.1, -0.05) is 0 Å². The molecule has 25 heavy (non-hydrogen) atoms. The summed E-state index contributed by atoms with van der Waals surface area (Å²) in [5, 5.41) is 3.00. The van der Waals surface area contributed by atoms with Crippen molar-refractivity contribution in [1.82, 2.24) is 10.3 Å². The first-order valence-corrected chi connectivity index (χ1v) is 10.7. The van der Waals surface area contributed by atoms with Gasteiger partial charge >= 0.3 is 154 Å². The number of allylic oxidation sites excluding steroid dienone is 1. The molecule has 1 aliphatic rings. The predicted octanol–water partition coefficient (Wildman–Crippen LogP) is -0.0297. The number of hydrogen-bond donors (Lipinski definition) is 1. The number of hydrogen-bond acceptors (Lipinski definition) is 4. The van der Waals surface area contributed by atoms with Gasteiger partial charge in [0.15, 0.2) is 0 Å². The van der Waals surface area contributed by atoms with Crippen LogP contribution in [-0.4, -0.2) is 19.5 Å². The Morgan fingerprint density at radius 1 is 1.20 bits per heavy atom. The Labute approximate surface area is 154 Å². The number of aromatic nitrogens is 1. The maximum absolute atomic E-state index is 14.1. The minimum absolute atomic E-state index is 0.0439. The number of carbonyl (C=O) groups excluding carboxylic acids is 1. The Balaban J connectivity index is 2.12. The fourth-order valence-corrected chi connectivity index (χ4v) is 3.88. The van der Waals surface area contributed by atoms with Crippen molar-refractivity contribution in [1.29, 1.82) is 0 Å². The van der Waals surface area contributed by atoms with Crippen LogP contribution in [0.5, 0.6) is 0 Å². The summed E-state index contributed by atoms with van der Waals surface area (Å²) in [5.74, 6) is -0.609. The zero-order valence-electron chi connectivity index (χ0n) is 13.6. The summed E-state index contributed by atoms with van der Waals surface area (Å²) < 4.78 is 27.4. The number of nitrogens with zero attached hydrogens (tertiary/aromatic N) is 2. The van der Waals surface area contributed by atoms with Gasteiger partial charge in [-0.2, -0.15) is 0 Å². The molecule has 1 aromatic heterocycles. The van der Waals surface area contributed by atoms with Gasteiger partial charge in [-0.05, 0) is 0 Å². The second-order valence-corrected chi connectivity index (χ2v) is 7.45. The second kappa shape index (κ2) is 7.38. The molecule has 1 aliphatic heterocycles. The van der Waals surface area contributed by atoms with E-state index in [1.807, 2.05) is 4.93 Å². The molecule has 1 atom stereocenters. The molecule has 0 radical (unpaired) electrons. The van der Waals surface area contributed by atoms with E-state index >= 15 is 0 Å². The van der Waals surface area contributed by atoms with E-state index in [9.17, 15) is 13.6 Å². The van der Waals surface area contributed by atoms with Crippen molar-refractivity contribution >= 4 is 9.63 Å². The van der Waals surface area contributed by atoms with Crippen LogP contribution in [0.25, 0.3) is 0 Å². The van der Waals surface area contributed by atoms with E-state index in [2.05, 4.69) is 15.3 Å². The van der Waals surface area contributed by atoms with E-state index < -0.39 is 33.1 Å². The van der Waals surface area contributed by atoms with Gasteiger partial charge in [0.2, 0.25) is 0 Å². The van der Waals surface area contributed by atoms with Crippen molar-refractivity contribution in [3.63, 3.8) is 0 Å². The van der Waals surface area contributed by atoms with Gasteiger partial charge in [0, 0.05) is 0 Å². The molecule has 3 rings (SSSR count). The van der Waals surface area contributed by atoms with Crippen molar-refractivity contribution in [2.24, 2.45) is 4.99 Å². The molecular weight excluding hydrogens is 439 g/mol. The molecule has 2 aromatic rings. The van der Waals surface area contributed by atoms with Gasteiger partial charge in [-0.3, -0.25) is 0 Å². The van der Waals surface area contributed by atoms with Gasteiger partial charge in [0.1, 0.15) is 0 Å². The SMILES string of the molecule is C[I-]C(=O)C1=C(C)NC(c2ncccc2F)=NC1c1ccc(F)cc1. The van der Waals surface area contributed by atoms with E-state index in [0.717, 1.165) is 0 Å². The van der Waals surface area contributed by atoms with Crippen molar-refractivity contribution in [3.8, 4) is 0 Å². The Kier molecular flexibility index (Phi) is 5.22. The van der Waals surface area contributed by atoms with Crippen LogP contribution in [0.15, 0.2) is 58.9 Å². The van der Waals surface area contributed by atoms with Crippen LogP contribution in [-0.2, 0) is 4.79 Å².